The highest BCUT2D eigenvalue weighted by Crippen LogP contribution is 2.15. The number of Topliss-reactive ketones (excluding diaryl/α,β-unsaturated/α-hetero) is 1. The second-order valence-electron chi connectivity index (χ2n) is 3.74. The summed E-state index contributed by atoms with van der Waals surface area (Å²) in [6.45, 7) is 1.44. The zero-order valence-electron chi connectivity index (χ0n) is 8.57. The molecule has 2 aromatic rings. The summed E-state index contributed by atoms with van der Waals surface area (Å²) in [6, 6.07) is 3.69. The number of fused-ring (bicyclic) bond motifs is 1. The molecule has 1 aliphatic heterocycles. The van der Waals surface area contributed by atoms with Crippen molar-refractivity contribution < 1.29 is 4.79 Å². The van der Waals surface area contributed by atoms with Gasteiger partial charge in [-0.1, -0.05) is 0 Å². The van der Waals surface area contributed by atoms with Crippen LogP contribution in [0.15, 0.2) is 12.1 Å². The van der Waals surface area contributed by atoms with Crippen LogP contribution in [0.3, 0.4) is 0 Å². The summed E-state index contributed by atoms with van der Waals surface area (Å²) in [6.07, 6.45) is 1.19. The highest BCUT2D eigenvalue weighted by molar-refractivity contribution is 5.80. The number of carbonyl (C=O) groups is 1. The van der Waals surface area contributed by atoms with E-state index < -0.39 is 0 Å². The smallest absolute Gasteiger partial charge is 0.200 e. The highest BCUT2D eigenvalue weighted by Gasteiger charge is 2.17. The summed E-state index contributed by atoms with van der Waals surface area (Å²) < 4.78 is 1.39. The normalized spacial score (nSPS) is 17.0. The Hall–Kier alpha value is -2.05. The molecular formula is C9H10N6O. The number of carbonyl (C=O) groups excluding carboxylic acids is 1. The predicted molar refractivity (Wildman–Crippen MR) is 55.0 cm³/mol. The number of tetrazole rings is 1. The standard InChI is InChI=1S/C9H10N6O/c16-7-3-5-14(6-4-7)9-2-1-8-10-12-13-15(8)11-9/h1-2H,3-6H2. The Kier molecular flexibility index (Phi) is 2.02. The lowest BCUT2D eigenvalue weighted by atomic mass is 10.1. The Morgan fingerprint density at radius 1 is 1.19 bits per heavy atom. The average Bonchev–Trinajstić information content (AvgIpc) is 2.77. The molecule has 0 radical (unpaired) electrons. The van der Waals surface area contributed by atoms with Gasteiger partial charge in [-0.3, -0.25) is 4.79 Å². The van der Waals surface area contributed by atoms with Gasteiger partial charge >= 0.3 is 0 Å². The van der Waals surface area contributed by atoms with Crippen LogP contribution in [0.4, 0.5) is 5.82 Å². The molecular weight excluding hydrogens is 208 g/mol. The number of piperidine rings is 1. The maximum atomic E-state index is 11.1. The van der Waals surface area contributed by atoms with Crippen molar-refractivity contribution in [1.29, 1.82) is 0 Å². The summed E-state index contributed by atoms with van der Waals surface area (Å²) in [7, 11) is 0. The highest BCUT2D eigenvalue weighted by atomic mass is 16.1. The molecule has 0 amide bonds. The Bertz CT molecular complexity index is 526. The number of ketones is 1. The van der Waals surface area contributed by atoms with Gasteiger partial charge in [-0.05, 0) is 22.6 Å². The number of hydrogen-bond donors (Lipinski definition) is 0. The molecule has 0 atom stereocenters. The van der Waals surface area contributed by atoms with Crippen molar-refractivity contribution in [2.45, 2.75) is 12.8 Å². The van der Waals surface area contributed by atoms with Crippen molar-refractivity contribution in [3.63, 3.8) is 0 Å². The molecule has 0 bridgehead atoms. The second kappa shape index (κ2) is 3.51. The lowest BCUT2D eigenvalue weighted by Crippen LogP contribution is -2.34. The van der Waals surface area contributed by atoms with Gasteiger partial charge in [0, 0.05) is 25.9 Å². The van der Waals surface area contributed by atoms with Gasteiger partial charge in [0.2, 0.25) is 0 Å². The molecule has 2 aromatic heterocycles. The minimum atomic E-state index is 0.319. The fraction of sp³-hybridized carbons (Fsp3) is 0.444. The zero-order valence-corrected chi connectivity index (χ0v) is 8.57. The van der Waals surface area contributed by atoms with E-state index in [0.29, 0.717) is 24.3 Å². The molecule has 1 saturated heterocycles. The van der Waals surface area contributed by atoms with Gasteiger partial charge in [-0.15, -0.1) is 14.8 Å². The monoisotopic (exact) mass is 218 g/mol. The molecule has 7 heteroatoms. The van der Waals surface area contributed by atoms with Crippen LogP contribution in [0.1, 0.15) is 12.8 Å². The van der Waals surface area contributed by atoms with Crippen LogP contribution in [0.5, 0.6) is 0 Å². The van der Waals surface area contributed by atoms with Crippen LogP contribution in [0, 0.1) is 0 Å². The Labute approximate surface area is 91.0 Å². The lowest BCUT2D eigenvalue weighted by Gasteiger charge is -2.26. The molecule has 0 spiro atoms. The second-order valence-corrected chi connectivity index (χ2v) is 3.74. The number of nitrogens with zero attached hydrogens (tertiary/aromatic N) is 6. The third-order valence-electron chi connectivity index (χ3n) is 2.70. The fourth-order valence-electron chi connectivity index (χ4n) is 1.79. The van der Waals surface area contributed by atoms with Crippen LogP contribution in [-0.4, -0.2) is 44.1 Å². The number of anilines is 1. The first kappa shape index (κ1) is 9.20. The first-order valence-electron chi connectivity index (χ1n) is 5.15. The molecule has 16 heavy (non-hydrogen) atoms. The quantitative estimate of drug-likeness (QED) is 0.653. The van der Waals surface area contributed by atoms with E-state index in [1.165, 1.54) is 4.63 Å². The first-order chi connectivity index (χ1) is 7.83. The third-order valence-corrected chi connectivity index (χ3v) is 2.70. The largest absolute Gasteiger partial charge is 0.354 e. The van der Waals surface area contributed by atoms with Gasteiger partial charge in [0.15, 0.2) is 11.5 Å². The van der Waals surface area contributed by atoms with E-state index in [-0.39, 0.29) is 0 Å². The maximum absolute atomic E-state index is 11.1. The van der Waals surface area contributed by atoms with Gasteiger partial charge < -0.3 is 4.90 Å². The molecule has 3 rings (SSSR count). The van der Waals surface area contributed by atoms with Crippen molar-refractivity contribution in [3.05, 3.63) is 12.1 Å². The molecule has 0 aliphatic carbocycles. The predicted octanol–water partition coefficient (Wildman–Crippen LogP) is -0.311. The van der Waals surface area contributed by atoms with Gasteiger partial charge in [0.25, 0.3) is 0 Å². The molecule has 3 heterocycles. The van der Waals surface area contributed by atoms with Gasteiger partial charge in [-0.25, -0.2) is 0 Å². The average molecular weight is 218 g/mol. The molecule has 1 fully saturated rings. The molecule has 0 N–H and O–H groups in total. The molecule has 0 aromatic carbocycles. The van der Waals surface area contributed by atoms with Gasteiger partial charge in [0.05, 0.1) is 0 Å². The molecule has 82 valence electrons. The van der Waals surface area contributed by atoms with Crippen molar-refractivity contribution in [3.8, 4) is 0 Å². The summed E-state index contributed by atoms with van der Waals surface area (Å²) in [5.74, 6) is 1.13. The van der Waals surface area contributed by atoms with Crippen LogP contribution in [0.25, 0.3) is 5.65 Å². The molecule has 7 nitrogen and oxygen atoms in total. The zero-order chi connectivity index (χ0) is 11.0. The van der Waals surface area contributed by atoms with E-state index in [0.717, 1.165) is 18.9 Å². The summed E-state index contributed by atoms with van der Waals surface area (Å²) in [5.41, 5.74) is 0.622. The minimum absolute atomic E-state index is 0.319. The SMILES string of the molecule is O=C1CCN(c2ccc3nnnn3n2)CC1. The summed E-state index contributed by atoms with van der Waals surface area (Å²) in [5, 5.41) is 15.3. The Morgan fingerprint density at radius 3 is 2.81 bits per heavy atom. The minimum Gasteiger partial charge on any atom is -0.354 e. The molecule has 0 unspecified atom stereocenters. The summed E-state index contributed by atoms with van der Waals surface area (Å²) in [4.78, 5) is 13.2. The van der Waals surface area contributed by atoms with E-state index in [1.54, 1.807) is 0 Å². The number of aromatic nitrogens is 5. The van der Waals surface area contributed by atoms with E-state index >= 15 is 0 Å². The van der Waals surface area contributed by atoms with E-state index in [4.69, 9.17) is 0 Å². The van der Waals surface area contributed by atoms with Crippen molar-refractivity contribution in [2.75, 3.05) is 18.0 Å². The van der Waals surface area contributed by atoms with Crippen molar-refractivity contribution in [2.24, 2.45) is 0 Å². The molecule has 1 aliphatic rings. The molecule has 0 saturated carbocycles. The Balaban J connectivity index is 1.90. The van der Waals surface area contributed by atoms with Crippen LogP contribution in [0.2, 0.25) is 0 Å². The Morgan fingerprint density at radius 2 is 2.00 bits per heavy atom. The van der Waals surface area contributed by atoms with E-state index in [2.05, 4.69) is 25.5 Å². The topological polar surface area (TPSA) is 76.3 Å². The van der Waals surface area contributed by atoms with Crippen LogP contribution < -0.4 is 4.90 Å². The maximum Gasteiger partial charge on any atom is 0.200 e. The van der Waals surface area contributed by atoms with Crippen molar-refractivity contribution in [1.82, 2.24) is 25.3 Å². The van der Waals surface area contributed by atoms with Crippen LogP contribution in [-0.2, 0) is 4.79 Å². The van der Waals surface area contributed by atoms with Gasteiger partial charge in [0.1, 0.15) is 5.78 Å². The van der Waals surface area contributed by atoms with E-state index in [1.807, 2.05) is 12.1 Å². The summed E-state index contributed by atoms with van der Waals surface area (Å²) >= 11 is 0. The number of hydrogen-bond acceptors (Lipinski definition) is 6. The lowest BCUT2D eigenvalue weighted by molar-refractivity contribution is -0.119. The van der Waals surface area contributed by atoms with E-state index in [9.17, 15) is 4.79 Å². The first-order valence-corrected chi connectivity index (χ1v) is 5.15. The van der Waals surface area contributed by atoms with Crippen molar-refractivity contribution >= 4 is 17.2 Å². The third kappa shape index (κ3) is 1.50. The van der Waals surface area contributed by atoms with Crippen LogP contribution >= 0.6 is 0 Å². The fourth-order valence-corrected chi connectivity index (χ4v) is 1.79. The number of rotatable bonds is 1. The van der Waals surface area contributed by atoms with Gasteiger partial charge in [-0.2, -0.15) is 0 Å².